The van der Waals surface area contributed by atoms with E-state index in [1.165, 1.54) is 0 Å². The first-order chi connectivity index (χ1) is 11.9. The molecule has 1 aromatic heterocycles. The summed E-state index contributed by atoms with van der Waals surface area (Å²) in [6, 6.07) is 12.5. The summed E-state index contributed by atoms with van der Waals surface area (Å²) in [6.07, 6.45) is -0.161. The van der Waals surface area contributed by atoms with Crippen molar-refractivity contribution in [3.8, 4) is 5.75 Å². The molecule has 0 aliphatic carbocycles. The number of benzene rings is 2. The lowest BCUT2D eigenvalue weighted by molar-refractivity contribution is -0.136. The Morgan fingerprint density at radius 1 is 1.20 bits per heavy atom. The smallest absolute Gasteiger partial charge is 0.307 e. The second kappa shape index (κ2) is 6.72. The highest BCUT2D eigenvalue weighted by Crippen LogP contribution is 2.31. The number of hydrogen-bond acceptors (Lipinski definition) is 3. The quantitative estimate of drug-likeness (QED) is 0.716. The van der Waals surface area contributed by atoms with E-state index in [9.17, 15) is 14.7 Å². The molecular weight excluding hydrogens is 386 g/mol. The summed E-state index contributed by atoms with van der Waals surface area (Å²) in [7, 11) is 1.55. The van der Waals surface area contributed by atoms with E-state index in [-0.39, 0.29) is 12.3 Å². The molecule has 6 heteroatoms. The number of fused-ring (bicyclic) bond motifs is 1. The van der Waals surface area contributed by atoms with E-state index in [2.05, 4.69) is 15.9 Å². The van der Waals surface area contributed by atoms with Crippen LogP contribution in [0.2, 0.25) is 0 Å². The van der Waals surface area contributed by atoms with Crippen LogP contribution in [0.25, 0.3) is 10.9 Å². The summed E-state index contributed by atoms with van der Waals surface area (Å²) in [5.74, 6) is -0.542. The standard InChI is InChI=1S/C19H16BrNO4/c1-11-14(10-18(22)23)15-9-12(25-2)7-8-17(15)21(11)19(24)13-5-3-4-6-16(13)20/h3-9H,10H2,1-2H3,(H,22,23). The second-order valence-corrected chi connectivity index (χ2v) is 6.49. The first kappa shape index (κ1) is 17.2. The molecule has 0 aliphatic heterocycles. The van der Waals surface area contributed by atoms with Crippen LogP contribution in [0.1, 0.15) is 21.6 Å². The van der Waals surface area contributed by atoms with Gasteiger partial charge in [-0.1, -0.05) is 12.1 Å². The molecule has 1 N–H and O–H groups in total. The number of carboxylic acids is 1. The molecule has 5 nitrogen and oxygen atoms in total. The summed E-state index contributed by atoms with van der Waals surface area (Å²) < 4.78 is 7.50. The largest absolute Gasteiger partial charge is 0.497 e. The molecule has 0 radical (unpaired) electrons. The Hall–Kier alpha value is -2.60. The van der Waals surface area contributed by atoms with E-state index in [0.29, 0.717) is 37.9 Å². The summed E-state index contributed by atoms with van der Waals surface area (Å²) in [5, 5.41) is 9.96. The SMILES string of the molecule is COc1ccc2c(c1)c(CC(=O)O)c(C)n2C(=O)c1ccccc1Br. The zero-order valence-electron chi connectivity index (χ0n) is 13.7. The van der Waals surface area contributed by atoms with Gasteiger partial charge in [0.2, 0.25) is 0 Å². The maximum absolute atomic E-state index is 13.1. The van der Waals surface area contributed by atoms with Crippen LogP contribution < -0.4 is 4.74 Å². The Kier molecular flexibility index (Phi) is 4.63. The van der Waals surface area contributed by atoms with Crippen LogP contribution in [-0.2, 0) is 11.2 Å². The molecule has 3 aromatic rings. The number of carboxylic acid groups (broad SMARTS) is 1. The highest BCUT2D eigenvalue weighted by atomic mass is 79.9. The molecule has 0 saturated carbocycles. The zero-order chi connectivity index (χ0) is 18.1. The maximum atomic E-state index is 13.1. The third-order valence-corrected chi connectivity index (χ3v) is 4.87. The van der Waals surface area contributed by atoms with Crippen molar-refractivity contribution in [1.82, 2.24) is 4.57 Å². The normalized spacial score (nSPS) is 10.8. The summed E-state index contributed by atoms with van der Waals surface area (Å²) in [5.41, 5.74) is 2.41. The van der Waals surface area contributed by atoms with E-state index in [1.54, 1.807) is 55.0 Å². The predicted octanol–water partition coefficient (Wildman–Crippen LogP) is 4.04. The van der Waals surface area contributed by atoms with E-state index in [1.807, 2.05) is 6.07 Å². The Morgan fingerprint density at radius 2 is 1.92 bits per heavy atom. The van der Waals surface area contributed by atoms with Gasteiger partial charge >= 0.3 is 5.97 Å². The van der Waals surface area contributed by atoms with Crippen molar-refractivity contribution >= 4 is 38.7 Å². The summed E-state index contributed by atoms with van der Waals surface area (Å²) in [6.45, 7) is 1.76. The Labute approximate surface area is 153 Å². The van der Waals surface area contributed by atoms with E-state index in [0.717, 1.165) is 0 Å². The molecule has 2 aromatic carbocycles. The number of hydrogen-bond donors (Lipinski definition) is 1. The number of ether oxygens (including phenoxy) is 1. The van der Waals surface area contributed by atoms with Crippen LogP contribution in [0.5, 0.6) is 5.75 Å². The lowest BCUT2D eigenvalue weighted by atomic mass is 10.1. The van der Waals surface area contributed by atoms with Gasteiger partial charge in [-0.3, -0.25) is 14.2 Å². The average molecular weight is 402 g/mol. The fourth-order valence-electron chi connectivity index (χ4n) is 2.98. The minimum absolute atomic E-state index is 0.161. The first-order valence-electron chi connectivity index (χ1n) is 7.63. The molecule has 1 heterocycles. The molecular formula is C19H16BrNO4. The minimum Gasteiger partial charge on any atom is -0.497 e. The Morgan fingerprint density at radius 3 is 2.56 bits per heavy atom. The number of nitrogens with zero attached hydrogens (tertiary/aromatic N) is 1. The first-order valence-corrected chi connectivity index (χ1v) is 8.42. The molecule has 3 rings (SSSR count). The lowest BCUT2D eigenvalue weighted by Gasteiger charge is -2.09. The van der Waals surface area contributed by atoms with Gasteiger partial charge in [-0.25, -0.2) is 0 Å². The fourth-order valence-corrected chi connectivity index (χ4v) is 3.43. The van der Waals surface area contributed by atoms with Crippen molar-refractivity contribution in [2.75, 3.05) is 7.11 Å². The van der Waals surface area contributed by atoms with Gasteiger partial charge in [0.25, 0.3) is 5.91 Å². The topological polar surface area (TPSA) is 68.5 Å². The van der Waals surface area contributed by atoms with Gasteiger partial charge in [-0.05, 0) is 58.7 Å². The van der Waals surface area contributed by atoms with Crippen molar-refractivity contribution < 1.29 is 19.4 Å². The molecule has 0 aliphatic rings. The monoisotopic (exact) mass is 401 g/mol. The van der Waals surface area contributed by atoms with Gasteiger partial charge in [0.1, 0.15) is 5.75 Å². The van der Waals surface area contributed by atoms with Crippen LogP contribution in [0, 0.1) is 6.92 Å². The number of carbonyl (C=O) groups is 2. The number of rotatable bonds is 4. The van der Waals surface area contributed by atoms with Gasteiger partial charge in [0.05, 0.1) is 24.6 Å². The summed E-state index contributed by atoms with van der Waals surface area (Å²) in [4.78, 5) is 24.4. The van der Waals surface area contributed by atoms with Crippen molar-refractivity contribution in [1.29, 1.82) is 0 Å². The minimum atomic E-state index is -0.946. The van der Waals surface area contributed by atoms with E-state index in [4.69, 9.17) is 4.74 Å². The van der Waals surface area contributed by atoms with Gasteiger partial charge in [-0.15, -0.1) is 0 Å². The fraction of sp³-hybridized carbons (Fsp3) is 0.158. The van der Waals surface area contributed by atoms with Crippen molar-refractivity contribution in [3.63, 3.8) is 0 Å². The number of halogens is 1. The van der Waals surface area contributed by atoms with Gasteiger partial charge < -0.3 is 9.84 Å². The predicted molar refractivity (Wildman–Crippen MR) is 98.4 cm³/mol. The van der Waals surface area contributed by atoms with Crippen molar-refractivity contribution in [2.24, 2.45) is 0 Å². The zero-order valence-corrected chi connectivity index (χ0v) is 15.3. The number of methoxy groups -OCH3 is 1. The highest BCUT2D eigenvalue weighted by molar-refractivity contribution is 9.10. The second-order valence-electron chi connectivity index (χ2n) is 5.64. The Bertz CT molecular complexity index is 990. The highest BCUT2D eigenvalue weighted by Gasteiger charge is 2.22. The van der Waals surface area contributed by atoms with Gasteiger partial charge in [0.15, 0.2) is 0 Å². The molecule has 0 bridgehead atoms. The van der Waals surface area contributed by atoms with Gasteiger partial charge in [-0.2, -0.15) is 0 Å². The average Bonchev–Trinajstić information content (AvgIpc) is 2.85. The number of aliphatic carboxylic acids is 1. The molecule has 0 spiro atoms. The number of carbonyl (C=O) groups excluding carboxylic acids is 1. The molecule has 0 unspecified atom stereocenters. The van der Waals surface area contributed by atoms with E-state index >= 15 is 0 Å². The van der Waals surface area contributed by atoms with Crippen LogP contribution in [0.3, 0.4) is 0 Å². The maximum Gasteiger partial charge on any atom is 0.307 e. The van der Waals surface area contributed by atoms with Crippen LogP contribution in [0.4, 0.5) is 0 Å². The molecule has 128 valence electrons. The van der Waals surface area contributed by atoms with Crippen LogP contribution in [0.15, 0.2) is 46.9 Å². The molecule has 25 heavy (non-hydrogen) atoms. The van der Waals surface area contributed by atoms with Crippen molar-refractivity contribution in [3.05, 3.63) is 63.8 Å². The summed E-state index contributed by atoms with van der Waals surface area (Å²) >= 11 is 3.40. The molecule has 0 saturated heterocycles. The lowest BCUT2D eigenvalue weighted by Crippen LogP contribution is -2.14. The Balaban J connectivity index is 2.28. The molecule has 0 fully saturated rings. The number of aromatic nitrogens is 1. The molecule has 0 amide bonds. The third kappa shape index (κ3) is 3.05. The molecule has 0 atom stereocenters. The van der Waals surface area contributed by atoms with Crippen LogP contribution in [-0.4, -0.2) is 28.7 Å². The van der Waals surface area contributed by atoms with E-state index < -0.39 is 5.97 Å². The van der Waals surface area contributed by atoms with Crippen molar-refractivity contribution in [2.45, 2.75) is 13.3 Å². The van der Waals surface area contributed by atoms with Gasteiger partial charge in [0, 0.05) is 15.6 Å². The van der Waals surface area contributed by atoms with Crippen LogP contribution >= 0.6 is 15.9 Å². The third-order valence-electron chi connectivity index (χ3n) is 4.18.